The van der Waals surface area contributed by atoms with Crippen LogP contribution >= 0.6 is 11.6 Å². The molecule has 1 aliphatic heterocycles. The molecule has 0 fully saturated rings. The lowest BCUT2D eigenvalue weighted by molar-refractivity contribution is 0.0988. The molecule has 0 saturated carbocycles. The minimum absolute atomic E-state index is 0.162. The third-order valence-corrected chi connectivity index (χ3v) is 5.06. The Morgan fingerprint density at radius 2 is 2.09 bits per heavy atom. The zero-order chi connectivity index (χ0) is 16.0. The monoisotopic (exact) mass is 317 g/mol. The molecule has 3 nitrogen and oxygen atoms in total. The molecule has 0 saturated heterocycles. The number of carbonyl (C=O) groups excluding carboxylic acids is 1. The van der Waals surface area contributed by atoms with Crippen LogP contribution < -0.4 is 4.74 Å². The number of carbonyl (C=O) groups is 1. The summed E-state index contributed by atoms with van der Waals surface area (Å²) >= 11 is 6.31. The molecule has 0 bridgehead atoms. The Hall–Kier alpha value is -1.74. The molecule has 116 valence electrons. The largest absolute Gasteiger partial charge is 0.495 e. The van der Waals surface area contributed by atoms with Crippen molar-refractivity contribution in [3.8, 4) is 17.0 Å². The van der Waals surface area contributed by atoms with E-state index in [0.29, 0.717) is 23.1 Å². The van der Waals surface area contributed by atoms with Gasteiger partial charge < -0.3 is 9.30 Å². The summed E-state index contributed by atoms with van der Waals surface area (Å²) in [5, 5.41) is 0.615. The first kappa shape index (κ1) is 15.2. The third-order valence-electron chi connectivity index (χ3n) is 4.77. The molecule has 0 aliphatic carbocycles. The number of fused-ring (bicyclic) bond motifs is 3. The molecule has 2 unspecified atom stereocenters. The van der Waals surface area contributed by atoms with Gasteiger partial charge in [0.1, 0.15) is 5.75 Å². The summed E-state index contributed by atoms with van der Waals surface area (Å²) < 4.78 is 7.56. The Morgan fingerprint density at radius 3 is 2.73 bits per heavy atom. The molecule has 2 atom stereocenters. The number of ether oxygens (including phenoxy) is 1. The Labute approximate surface area is 135 Å². The van der Waals surface area contributed by atoms with Crippen molar-refractivity contribution in [2.75, 3.05) is 7.11 Å². The number of hydrogen-bond acceptors (Lipinski definition) is 2. The number of benzene rings is 1. The number of methoxy groups -OCH3 is 1. The van der Waals surface area contributed by atoms with E-state index < -0.39 is 0 Å². The second-order valence-corrected chi connectivity index (χ2v) is 6.27. The Bertz CT molecular complexity index is 748. The van der Waals surface area contributed by atoms with Gasteiger partial charge in [-0.1, -0.05) is 25.4 Å². The summed E-state index contributed by atoms with van der Waals surface area (Å²) in [5.41, 5.74) is 4.00. The minimum Gasteiger partial charge on any atom is -0.495 e. The van der Waals surface area contributed by atoms with Crippen LogP contribution in [0.5, 0.6) is 5.75 Å². The van der Waals surface area contributed by atoms with Gasteiger partial charge in [-0.3, -0.25) is 4.79 Å². The summed E-state index contributed by atoms with van der Waals surface area (Å²) in [6.45, 7) is 6.26. The summed E-state index contributed by atoms with van der Waals surface area (Å²) in [4.78, 5) is 12.3. The fourth-order valence-corrected chi connectivity index (χ4v) is 3.54. The maximum Gasteiger partial charge on any atom is 0.164 e. The summed E-state index contributed by atoms with van der Waals surface area (Å²) in [6.07, 6.45) is 2.52. The van der Waals surface area contributed by atoms with Crippen LogP contribution in [0.1, 0.15) is 55.1 Å². The van der Waals surface area contributed by atoms with E-state index >= 15 is 0 Å². The summed E-state index contributed by atoms with van der Waals surface area (Å²) in [6, 6.07) is 6.15. The highest BCUT2D eigenvalue weighted by Gasteiger charge is 2.31. The molecular formula is C18H20ClNO2. The molecule has 1 aliphatic rings. The van der Waals surface area contributed by atoms with Crippen molar-refractivity contribution in [2.24, 2.45) is 0 Å². The van der Waals surface area contributed by atoms with Crippen LogP contribution in [0.25, 0.3) is 11.3 Å². The molecule has 2 heterocycles. The molecule has 0 radical (unpaired) electrons. The summed E-state index contributed by atoms with van der Waals surface area (Å²) in [7, 11) is 1.61. The molecule has 3 rings (SSSR count). The van der Waals surface area contributed by atoms with Gasteiger partial charge >= 0.3 is 0 Å². The normalized spacial score (nSPS) is 19.5. The van der Waals surface area contributed by atoms with Gasteiger partial charge in [-0.25, -0.2) is 0 Å². The van der Waals surface area contributed by atoms with E-state index in [1.165, 1.54) is 5.56 Å². The van der Waals surface area contributed by atoms with Crippen LogP contribution in [0.2, 0.25) is 5.02 Å². The number of ketones is 1. The number of hydrogen-bond donors (Lipinski definition) is 0. The fourth-order valence-electron chi connectivity index (χ4n) is 3.29. The van der Waals surface area contributed by atoms with Gasteiger partial charge in [0.2, 0.25) is 0 Å². The van der Waals surface area contributed by atoms with Crippen molar-refractivity contribution in [3.05, 3.63) is 40.5 Å². The van der Waals surface area contributed by atoms with Crippen LogP contribution in [0.4, 0.5) is 0 Å². The number of rotatable bonds is 3. The van der Waals surface area contributed by atoms with Crippen molar-refractivity contribution in [3.63, 3.8) is 0 Å². The van der Waals surface area contributed by atoms with Gasteiger partial charge in [0, 0.05) is 35.7 Å². The standard InChI is InChI=1S/C18H20ClNO2/c1-5-16(21)12-6-7-20-11(3)10(2)13-8-15(19)17(22-4)9-14(13)18(12)20/h6-11H,5H2,1-4H3. The van der Waals surface area contributed by atoms with Crippen molar-refractivity contribution >= 4 is 17.4 Å². The predicted molar refractivity (Wildman–Crippen MR) is 89.2 cm³/mol. The SMILES string of the molecule is CCC(=O)c1ccn2c1-c1cc(OC)c(Cl)cc1C(C)C2C. The fraction of sp³-hybridized carbons (Fsp3) is 0.389. The smallest absolute Gasteiger partial charge is 0.164 e. The highest BCUT2D eigenvalue weighted by Crippen LogP contribution is 2.47. The average molecular weight is 318 g/mol. The molecule has 0 N–H and O–H groups in total. The van der Waals surface area contributed by atoms with Crippen molar-refractivity contribution < 1.29 is 9.53 Å². The maximum absolute atomic E-state index is 12.3. The van der Waals surface area contributed by atoms with Crippen LogP contribution in [-0.2, 0) is 0 Å². The number of halogens is 1. The second kappa shape index (κ2) is 5.47. The van der Waals surface area contributed by atoms with E-state index in [4.69, 9.17) is 16.3 Å². The predicted octanol–water partition coefficient (Wildman–Crippen LogP) is 5.09. The molecule has 22 heavy (non-hydrogen) atoms. The minimum atomic E-state index is 0.162. The van der Waals surface area contributed by atoms with Crippen molar-refractivity contribution in [1.82, 2.24) is 4.57 Å². The number of aromatic nitrogens is 1. The lowest BCUT2D eigenvalue weighted by atomic mass is 9.84. The molecule has 1 aromatic carbocycles. The third kappa shape index (κ3) is 2.07. The lowest BCUT2D eigenvalue weighted by Gasteiger charge is -2.32. The van der Waals surface area contributed by atoms with Gasteiger partial charge in [-0.15, -0.1) is 0 Å². The van der Waals surface area contributed by atoms with Gasteiger partial charge in [-0.05, 0) is 30.7 Å². The van der Waals surface area contributed by atoms with Crippen molar-refractivity contribution in [1.29, 1.82) is 0 Å². The van der Waals surface area contributed by atoms with E-state index in [0.717, 1.165) is 16.8 Å². The maximum atomic E-state index is 12.3. The van der Waals surface area contributed by atoms with E-state index in [2.05, 4.69) is 18.4 Å². The quantitative estimate of drug-likeness (QED) is 0.738. The number of nitrogens with zero attached hydrogens (tertiary/aromatic N) is 1. The van der Waals surface area contributed by atoms with Crippen LogP contribution in [0.15, 0.2) is 24.4 Å². The Balaban J connectivity index is 2.31. The van der Waals surface area contributed by atoms with E-state index in [-0.39, 0.29) is 11.8 Å². The zero-order valence-corrected chi connectivity index (χ0v) is 14.1. The average Bonchev–Trinajstić information content (AvgIpc) is 2.96. The van der Waals surface area contributed by atoms with Crippen molar-refractivity contribution in [2.45, 2.75) is 39.2 Å². The first-order valence-electron chi connectivity index (χ1n) is 7.61. The van der Waals surface area contributed by atoms with Gasteiger partial charge in [0.05, 0.1) is 17.8 Å². The van der Waals surface area contributed by atoms with E-state index in [1.807, 2.05) is 31.3 Å². The molecule has 0 spiro atoms. The second-order valence-electron chi connectivity index (χ2n) is 5.87. The first-order valence-corrected chi connectivity index (χ1v) is 7.99. The Morgan fingerprint density at radius 1 is 1.36 bits per heavy atom. The highest BCUT2D eigenvalue weighted by molar-refractivity contribution is 6.32. The number of Topliss-reactive ketones (excluding diaryl/α,β-unsaturated/α-hetero) is 1. The molecule has 0 amide bonds. The highest BCUT2D eigenvalue weighted by atomic mass is 35.5. The van der Waals surface area contributed by atoms with E-state index in [1.54, 1.807) is 7.11 Å². The Kier molecular flexibility index (Phi) is 3.77. The summed E-state index contributed by atoms with van der Waals surface area (Å²) in [5.74, 6) is 1.13. The van der Waals surface area contributed by atoms with Crippen LogP contribution in [0, 0.1) is 0 Å². The van der Waals surface area contributed by atoms with Gasteiger partial charge in [0.15, 0.2) is 5.78 Å². The van der Waals surface area contributed by atoms with E-state index in [9.17, 15) is 4.79 Å². The van der Waals surface area contributed by atoms with Gasteiger partial charge in [0.25, 0.3) is 0 Å². The molecule has 1 aromatic heterocycles. The molecule has 2 aromatic rings. The first-order chi connectivity index (χ1) is 10.5. The topological polar surface area (TPSA) is 31.2 Å². The van der Waals surface area contributed by atoms with Crippen LogP contribution in [0.3, 0.4) is 0 Å². The molecular weight excluding hydrogens is 298 g/mol. The van der Waals surface area contributed by atoms with Gasteiger partial charge in [-0.2, -0.15) is 0 Å². The molecule has 4 heteroatoms. The lowest BCUT2D eigenvalue weighted by Crippen LogP contribution is -2.20. The van der Waals surface area contributed by atoms with Crippen LogP contribution in [-0.4, -0.2) is 17.5 Å². The zero-order valence-electron chi connectivity index (χ0n) is 13.3.